The Morgan fingerprint density at radius 1 is 1.39 bits per heavy atom. The molecule has 1 amide bonds. The highest BCUT2D eigenvalue weighted by atomic mass is 19.4. The molecule has 2 aliphatic heterocycles. The van der Waals surface area contributed by atoms with E-state index in [1.165, 1.54) is 0 Å². The molecule has 2 fully saturated rings. The Kier molecular flexibility index (Phi) is 7.22. The molecular weight excluding hydrogens is 381 g/mol. The fraction of sp³-hybridized carbons (Fsp3) is 0.611. The van der Waals surface area contributed by atoms with E-state index >= 15 is 0 Å². The van der Waals surface area contributed by atoms with Crippen LogP contribution in [0.3, 0.4) is 0 Å². The van der Waals surface area contributed by atoms with Crippen molar-refractivity contribution in [3.63, 3.8) is 0 Å². The minimum atomic E-state index is -5.08. The van der Waals surface area contributed by atoms with E-state index in [0.29, 0.717) is 37.9 Å². The van der Waals surface area contributed by atoms with Crippen molar-refractivity contribution in [2.24, 2.45) is 5.92 Å². The van der Waals surface area contributed by atoms with Gasteiger partial charge in [0.15, 0.2) is 0 Å². The van der Waals surface area contributed by atoms with Crippen LogP contribution in [0.25, 0.3) is 0 Å². The van der Waals surface area contributed by atoms with Crippen LogP contribution < -0.4 is 4.74 Å². The second-order valence-electron chi connectivity index (χ2n) is 6.68. The predicted molar refractivity (Wildman–Crippen MR) is 91.7 cm³/mol. The average Bonchev–Trinajstić information content (AvgIpc) is 3.03. The monoisotopic (exact) mass is 404 g/mol. The summed E-state index contributed by atoms with van der Waals surface area (Å²) in [6.07, 6.45) is -0.839. The van der Waals surface area contributed by atoms with Crippen LogP contribution in [0.5, 0.6) is 5.88 Å². The quantitative estimate of drug-likeness (QED) is 0.811. The zero-order chi connectivity index (χ0) is 20.8. The van der Waals surface area contributed by atoms with Gasteiger partial charge in [-0.15, -0.1) is 0 Å². The number of carbonyl (C=O) groups excluding carboxylic acids is 1. The van der Waals surface area contributed by atoms with E-state index in [4.69, 9.17) is 19.4 Å². The molecule has 1 aromatic heterocycles. The van der Waals surface area contributed by atoms with Crippen molar-refractivity contribution in [1.82, 2.24) is 9.88 Å². The molecule has 1 spiro atoms. The molecular formula is C18H23F3N2O5. The molecule has 1 unspecified atom stereocenters. The van der Waals surface area contributed by atoms with Crippen LogP contribution in [0.2, 0.25) is 0 Å². The van der Waals surface area contributed by atoms with Crippen LogP contribution in [-0.4, -0.2) is 64.9 Å². The second-order valence-corrected chi connectivity index (χ2v) is 6.68. The number of aliphatic carboxylic acids is 1. The number of carboxylic acids is 1. The Balaban J connectivity index is 0.000000345. The number of carboxylic acid groups (broad SMARTS) is 1. The van der Waals surface area contributed by atoms with Crippen molar-refractivity contribution in [2.45, 2.75) is 38.0 Å². The zero-order valence-electron chi connectivity index (χ0n) is 15.4. The van der Waals surface area contributed by atoms with E-state index < -0.39 is 12.1 Å². The summed E-state index contributed by atoms with van der Waals surface area (Å²) < 4.78 is 43.4. The third-order valence-electron chi connectivity index (χ3n) is 4.65. The first-order valence-electron chi connectivity index (χ1n) is 8.93. The van der Waals surface area contributed by atoms with Gasteiger partial charge in [0.1, 0.15) is 5.60 Å². The lowest BCUT2D eigenvalue weighted by atomic mass is 9.81. The molecule has 0 aliphatic carbocycles. The molecule has 3 heterocycles. The molecule has 3 rings (SSSR count). The number of likely N-dealkylation sites (tertiary alicyclic amines) is 1. The van der Waals surface area contributed by atoms with E-state index in [0.717, 1.165) is 19.4 Å². The largest absolute Gasteiger partial charge is 0.490 e. The third kappa shape index (κ3) is 5.57. The van der Waals surface area contributed by atoms with Gasteiger partial charge >= 0.3 is 12.1 Å². The number of rotatable bonds is 5. The highest BCUT2D eigenvalue weighted by Gasteiger charge is 2.54. The topological polar surface area (TPSA) is 89.0 Å². The summed E-state index contributed by atoms with van der Waals surface area (Å²) in [5.41, 5.74) is -0.182. The summed E-state index contributed by atoms with van der Waals surface area (Å²) in [6, 6.07) is 5.65. The highest BCUT2D eigenvalue weighted by Crippen LogP contribution is 2.40. The van der Waals surface area contributed by atoms with E-state index in [1.54, 1.807) is 6.20 Å². The van der Waals surface area contributed by atoms with Gasteiger partial charge in [0.2, 0.25) is 11.8 Å². The van der Waals surface area contributed by atoms with Crippen molar-refractivity contribution in [2.75, 3.05) is 26.3 Å². The van der Waals surface area contributed by atoms with Crippen LogP contribution in [0.4, 0.5) is 13.2 Å². The van der Waals surface area contributed by atoms with Gasteiger partial charge in [0.05, 0.1) is 19.7 Å². The first-order valence-corrected chi connectivity index (χ1v) is 8.93. The molecule has 28 heavy (non-hydrogen) atoms. The summed E-state index contributed by atoms with van der Waals surface area (Å²) in [4.78, 5) is 26.9. The molecule has 0 aromatic carbocycles. The molecule has 156 valence electrons. The Morgan fingerprint density at radius 2 is 2.07 bits per heavy atom. The van der Waals surface area contributed by atoms with Gasteiger partial charge in [-0.05, 0) is 18.9 Å². The van der Waals surface area contributed by atoms with Crippen molar-refractivity contribution in [3.8, 4) is 5.88 Å². The number of carbonyl (C=O) groups is 2. The minimum Gasteiger partial charge on any atom is -0.477 e. The van der Waals surface area contributed by atoms with Gasteiger partial charge in [0, 0.05) is 31.2 Å². The Morgan fingerprint density at radius 3 is 2.61 bits per heavy atom. The van der Waals surface area contributed by atoms with Crippen molar-refractivity contribution >= 4 is 11.9 Å². The maximum atomic E-state index is 11.9. The van der Waals surface area contributed by atoms with Gasteiger partial charge in [-0.3, -0.25) is 4.79 Å². The number of hydrogen-bond acceptors (Lipinski definition) is 5. The number of aromatic nitrogens is 1. The number of amides is 1. The second kappa shape index (κ2) is 9.22. The van der Waals surface area contributed by atoms with Crippen LogP contribution in [0.15, 0.2) is 24.4 Å². The Bertz CT molecular complexity index is 663. The van der Waals surface area contributed by atoms with Crippen molar-refractivity contribution in [3.05, 3.63) is 24.4 Å². The SMILES string of the molecule is CCCC(=O)N1CC2(C1)OCCC2COc1ccccn1.O=C(O)C(F)(F)F. The molecule has 0 bridgehead atoms. The third-order valence-corrected chi connectivity index (χ3v) is 4.65. The lowest BCUT2D eigenvalue weighted by molar-refractivity contribution is -0.192. The smallest absolute Gasteiger partial charge is 0.477 e. The maximum absolute atomic E-state index is 11.9. The minimum absolute atomic E-state index is 0.182. The molecule has 2 saturated heterocycles. The number of hydrogen-bond donors (Lipinski definition) is 1. The van der Waals surface area contributed by atoms with Gasteiger partial charge in [-0.25, -0.2) is 9.78 Å². The summed E-state index contributed by atoms with van der Waals surface area (Å²) in [5.74, 6) is -1.53. The van der Waals surface area contributed by atoms with E-state index in [9.17, 15) is 18.0 Å². The fourth-order valence-corrected chi connectivity index (χ4v) is 3.14. The summed E-state index contributed by atoms with van der Waals surface area (Å²) in [6.45, 7) is 4.81. The molecule has 1 N–H and O–H groups in total. The predicted octanol–water partition coefficient (Wildman–Crippen LogP) is 2.51. The van der Waals surface area contributed by atoms with E-state index in [2.05, 4.69) is 4.98 Å². The summed E-state index contributed by atoms with van der Waals surface area (Å²) in [7, 11) is 0. The molecule has 7 nitrogen and oxygen atoms in total. The molecule has 2 aliphatic rings. The highest BCUT2D eigenvalue weighted by molar-refractivity contribution is 5.77. The molecule has 1 aromatic rings. The first-order chi connectivity index (χ1) is 13.2. The Hall–Kier alpha value is -2.36. The Labute approximate surface area is 160 Å². The summed E-state index contributed by atoms with van der Waals surface area (Å²) >= 11 is 0. The van der Waals surface area contributed by atoms with E-state index in [-0.39, 0.29) is 11.5 Å². The fourth-order valence-electron chi connectivity index (χ4n) is 3.14. The lowest BCUT2D eigenvalue weighted by Gasteiger charge is -2.50. The number of nitrogens with zero attached hydrogens (tertiary/aromatic N) is 2. The van der Waals surface area contributed by atoms with Gasteiger partial charge in [0.25, 0.3) is 0 Å². The number of alkyl halides is 3. The lowest BCUT2D eigenvalue weighted by Crippen LogP contribution is -2.66. The summed E-state index contributed by atoms with van der Waals surface area (Å²) in [5, 5.41) is 7.12. The van der Waals surface area contributed by atoms with Gasteiger partial charge < -0.3 is 19.5 Å². The molecule has 1 atom stereocenters. The zero-order valence-corrected chi connectivity index (χ0v) is 15.4. The average molecular weight is 404 g/mol. The first kappa shape index (κ1) is 21.9. The number of pyridine rings is 1. The van der Waals surface area contributed by atoms with E-state index in [1.807, 2.05) is 30.0 Å². The molecule has 0 radical (unpaired) electrons. The molecule has 10 heteroatoms. The van der Waals surface area contributed by atoms with Crippen molar-refractivity contribution < 1.29 is 37.3 Å². The van der Waals surface area contributed by atoms with Crippen LogP contribution in [0, 0.1) is 5.92 Å². The standard InChI is InChI=1S/C16H22N2O3.C2HF3O2/c1-2-5-15(19)18-11-16(12-18)13(7-9-21-16)10-20-14-6-3-4-8-17-14;3-2(4,5)1(6)7/h3-4,6,8,13H,2,5,7,9-12H2,1H3;(H,6,7). The van der Waals surface area contributed by atoms with Crippen molar-refractivity contribution in [1.29, 1.82) is 0 Å². The van der Waals surface area contributed by atoms with Crippen LogP contribution in [-0.2, 0) is 14.3 Å². The van der Waals surface area contributed by atoms with Crippen LogP contribution >= 0.6 is 0 Å². The normalized spacial score (nSPS) is 20.1. The van der Waals surface area contributed by atoms with Gasteiger partial charge in [-0.1, -0.05) is 13.0 Å². The number of halogens is 3. The van der Waals surface area contributed by atoms with Crippen LogP contribution in [0.1, 0.15) is 26.2 Å². The van der Waals surface area contributed by atoms with Gasteiger partial charge in [-0.2, -0.15) is 13.2 Å². The number of ether oxygens (including phenoxy) is 2. The molecule has 0 saturated carbocycles. The maximum Gasteiger partial charge on any atom is 0.490 e.